The summed E-state index contributed by atoms with van der Waals surface area (Å²) in [6.45, 7) is 6.24. The summed E-state index contributed by atoms with van der Waals surface area (Å²) in [4.78, 5) is 24.0. The summed E-state index contributed by atoms with van der Waals surface area (Å²) in [6, 6.07) is 0. The van der Waals surface area contributed by atoms with Crippen LogP contribution in [0.4, 0.5) is 0 Å². The number of hydrogen-bond donors (Lipinski definition) is 0. The summed E-state index contributed by atoms with van der Waals surface area (Å²) >= 11 is 11.8. The van der Waals surface area contributed by atoms with Crippen LogP contribution in [0.25, 0.3) is 0 Å². The van der Waals surface area contributed by atoms with Gasteiger partial charge >= 0.3 is 5.97 Å². The minimum absolute atomic E-state index is 0.0179. The Balaban J connectivity index is 4.62. The summed E-state index contributed by atoms with van der Waals surface area (Å²) in [5.41, 5.74) is 0. The van der Waals surface area contributed by atoms with Crippen LogP contribution in [0.3, 0.4) is 0 Å². The van der Waals surface area contributed by atoms with Crippen LogP contribution in [-0.2, 0) is 23.8 Å². The van der Waals surface area contributed by atoms with E-state index in [2.05, 4.69) is 0 Å². The topological polar surface area (TPSA) is 61.8 Å². The van der Waals surface area contributed by atoms with Crippen LogP contribution in [0.15, 0.2) is 0 Å². The lowest BCUT2D eigenvalue weighted by atomic mass is 10.3. The van der Waals surface area contributed by atoms with Crippen molar-refractivity contribution in [1.29, 1.82) is 0 Å². The molecule has 0 N–H and O–H groups in total. The van der Waals surface area contributed by atoms with Gasteiger partial charge in [-0.25, -0.2) is 0 Å². The normalized spacial score (nSPS) is 11.4. The third kappa shape index (κ3) is 9.28. The van der Waals surface area contributed by atoms with Crippen LogP contribution >= 0.6 is 48.0 Å². The molecule has 0 amide bonds. The summed E-state index contributed by atoms with van der Waals surface area (Å²) in [5.74, 6) is -0.950. The fourth-order valence-electron chi connectivity index (χ4n) is 1.08. The zero-order chi connectivity index (χ0) is 16.3. The molecule has 0 saturated carbocycles. The SMILES string of the molecule is CCOC(=O)C(SC(=S)OCC)C(=O)CSC(=S)OCC. The van der Waals surface area contributed by atoms with Crippen molar-refractivity contribution in [2.45, 2.75) is 26.0 Å². The highest BCUT2D eigenvalue weighted by molar-refractivity contribution is 8.24. The fourth-order valence-corrected chi connectivity index (χ4v) is 3.27. The van der Waals surface area contributed by atoms with Gasteiger partial charge in [-0.15, -0.1) is 0 Å². The number of thioether (sulfide) groups is 2. The second-order valence-electron chi connectivity index (χ2n) is 3.37. The molecule has 0 rings (SSSR count). The lowest BCUT2D eigenvalue weighted by molar-refractivity contribution is -0.144. The predicted octanol–water partition coefficient (Wildman–Crippen LogP) is 2.60. The van der Waals surface area contributed by atoms with Gasteiger partial charge in [0.15, 0.2) is 11.0 Å². The molecule has 0 aliphatic rings. The van der Waals surface area contributed by atoms with Crippen LogP contribution in [-0.4, -0.2) is 51.3 Å². The van der Waals surface area contributed by atoms with Gasteiger partial charge in [0.25, 0.3) is 0 Å². The van der Waals surface area contributed by atoms with Gasteiger partial charge in [-0.2, -0.15) is 0 Å². The number of ether oxygens (including phenoxy) is 3. The van der Waals surface area contributed by atoms with Crippen molar-refractivity contribution in [3.8, 4) is 0 Å². The zero-order valence-electron chi connectivity index (χ0n) is 12.1. The highest BCUT2D eigenvalue weighted by atomic mass is 32.2. The molecular weight excluding hydrogens is 352 g/mol. The quantitative estimate of drug-likeness (QED) is 0.364. The van der Waals surface area contributed by atoms with Crippen molar-refractivity contribution < 1.29 is 23.8 Å². The standard InChI is InChI=1S/C12H18O5S4/c1-4-15-10(14)9(21-12(19)17-6-3)8(13)7-20-11(18)16-5-2/h9H,4-7H2,1-3H3. The smallest absolute Gasteiger partial charge is 0.327 e. The van der Waals surface area contributed by atoms with E-state index in [0.29, 0.717) is 13.2 Å². The summed E-state index contributed by atoms with van der Waals surface area (Å²) in [5, 5.41) is -1.04. The van der Waals surface area contributed by atoms with E-state index in [9.17, 15) is 9.59 Å². The number of carbonyl (C=O) groups is 2. The zero-order valence-corrected chi connectivity index (χ0v) is 15.3. The number of hydrogen-bond acceptors (Lipinski definition) is 9. The van der Waals surface area contributed by atoms with Gasteiger partial charge in [-0.05, 0) is 45.2 Å². The molecule has 0 aromatic rings. The second kappa shape index (κ2) is 12.2. The molecular formula is C12H18O5S4. The van der Waals surface area contributed by atoms with Gasteiger partial charge in [-0.3, -0.25) is 9.59 Å². The van der Waals surface area contributed by atoms with Gasteiger partial charge in [0.1, 0.15) is 0 Å². The van der Waals surface area contributed by atoms with Gasteiger partial charge in [0, 0.05) is 0 Å². The number of esters is 1. The van der Waals surface area contributed by atoms with E-state index in [0.717, 1.165) is 23.5 Å². The number of ketones is 1. The van der Waals surface area contributed by atoms with Crippen LogP contribution < -0.4 is 0 Å². The fraction of sp³-hybridized carbons (Fsp3) is 0.667. The molecule has 0 fully saturated rings. The van der Waals surface area contributed by atoms with Crippen molar-refractivity contribution in [2.75, 3.05) is 25.6 Å². The first-order valence-corrected chi connectivity index (χ1v) is 8.96. The Morgan fingerprint density at radius 2 is 1.48 bits per heavy atom. The predicted molar refractivity (Wildman–Crippen MR) is 93.9 cm³/mol. The van der Waals surface area contributed by atoms with E-state index >= 15 is 0 Å². The van der Waals surface area contributed by atoms with Crippen molar-refractivity contribution in [2.24, 2.45) is 0 Å². The molecule has 0 aliphatic heterocycles. The molecule has 0 heterocycles. The minimum Gasteiger partial charge on any atom is -0.479 e. The highest BCUT2D eigenvalue weighted by Gasteiger charge is 2.30. The van der Waals surface area contributed by atoms with E-state index in [1.165, 1.54) is 0 Å². The van der Waals surface area contributed by atoms with Crippen LogP contribution in [0.2, 0.25) is 0 Å². The number of thiocarbonyl (C=S) groups is 2. The van der Waals surface area contributed by atoms with Crippen LogP contribution in [0.1, 0.15) is 20.8 Å². The molecule has 0 spiro atoms. The van der Waals surface area contributed by atoms with E-state index < -0.39 is 11.2 Å². The Labute approximate surface area is 143 Å². The van der Waals surface area contributed by atoms with Gasteiger partial charge in [0.05, 0.1) is 25.6 Å². The minimum atomic E-state index is -1.04. The first-order chi connectivity index (χ1) is 9.96. The average molecular weight is 371 g/mol. The molecule has 0 bridgehead atoms. The largest absolute Gasteiger partial charge is 0.479 e. The lowest BCUT2D eigenvalue weighted by Gasteiger charge is -2.14. The first kappa shape index (κ1) is 20.6. The molecule has 5 nitrogen and oxygen atoms in total. The third-order valence-corrected chi connectivity index (χ3v) is 4.53. The van der Waals surface area contributed by atoms with Gasteiger partial charge in [0.2, 0.25) is 8.77 Å². The van der Waals surface area contributed by atoms with Gasteiger partial charge < -0.3 is 14.2 Å². The maximum Gasteiger partial charge on any atom is 0.327 e. The Hall–Kier alpha value is -0.380. The molecule has 0 radical (unpaired) electrons. The van der Waals surface area contributed by atoms with E-state index in [4.69, 9.17) is 38.6 Å². The molecule has 1 unspecified atom stereocenters. The molecule has 0 aliphatic carbocycles. The summed E-state index contributed by atoms with van der Waals surface area (Å²) < 4.78 is 15.5. The van der Waals surface area contributed by atoms with E-state index in [-0.39, 0.29) is 26.9 Å². The molecule has 120 valence electrons. The number of carbonyl (C=O) groups excluding carboxylic acids is 2. The molecule has 0 aromatic carbocycles. The number of Topliss-reactive ketones (excluding diaryl/α,β-unsaturated/α-hetero) is 1. The summed E-state index contributed by atoms with van der Waals surface area (Å²) in [6.07, 6.45) is 0. The van der Waals surface area contributed by atoms with E-state index in [1.54, 1.807) is 20.8 Å². The summed E-state index contributed by atoms with van der Waals surface area (Å²) in [7, 11) is 0. The first-order valence-electron chi connectivity index (χ1n) is 6.28. The van der Waals surface area contributed by atoms with Crippen molar-refractivity contribution in [1.82, 2.24) is 0 Å². The lowest BCUT2D eigenvalue weighted by Crippen LogP contribution is -2.32. The van der Waals surface area contributed by atoms with E-state index in [1.807, 2.05) is 0 Å². The Bertz CT molecular complexity index is 386. The molecule has 0 saturated heterocycles. The van der Waals surface area contributed by atoms with Crippen LogP contribution in [0, 0.1) is 0 Å². The monoisotopic (exact) mass is 370 g/mol. The maximum atomic E-state index is 12.1. The molecule has 21 heavy (non-hydrogen) atoms. The Morgan fingerprint density at radius 3 is 2.00 bits per heavy atom. The van der Waals surface area contributed by atoms with Crippen LogP contribution in [0.5, 0.6) is 0 Å². The Kier molecular flexibility index (Phi) is 12.0. The molecule has 0 aromatic heterocycles. The molecule has 9 heteroatoms. The van der Waals surface area contributed by atoms with Crippen molar-refractivity contribution in [3.63, 3.8) is 0 Å². The average Bonchev–Trinajstić information content (AvgIpc) is 2.43. The molecule has 1 atom stereocenters. The Morgan fingerprint density at radius 1 is 0.952 bits per heavy atom. The van der Waals surface area contributed by atoms with Crippen molar-refractivity contribution in [3.05, 3.63) is 0 Å². The second-order valence-corrected chi connectivity index (χ2v) is 6.66. The van der Waals surface area contributed by atoms with Gasteiger partial charge in [-0.1, -0.05) is 23.5 Å². The maximum absolute atomic E-state index is 12.1. The number of rotatable bonds is 8. The highest BCUT2D eigenvalue weighted by Crippen LogP contribution is 2.20. The third-order valence-electron chi connectivity index (χ3n) is 1.86. The van der Waals surface area contributed by atoms with Crippen molar-refractivity contribution >= 4 is 68.5 Å².